The fourth-order valence-electron chi connectivity index (χ4n) is 4.41. The minimum absolute atomic E-state index is 0.327. The number of benzene rings is 2. The van der Waals surface area contributed by atoms with Crippen LogP contribution in [0.3, 0.4) is 0 Å². The molecular formula is C28H33N5O3S. The number of nitrogens with two attached hydrogens (primary N) is 1. The Morgan fingerprint density at radius 3 is 2.65 bits per heavy atom. The van der Waals surface area contributed by atoms with Crippen molar-refractivity contribution >= 4 is 23.6 Å². The Hall–Kier alpha value is -3.30. The molecule has 0 radical (unpaired) electrons. The lowest BCUT2D eigenvalue weighted by molar-refractivity contribution is 0.0997. The molecular weight excluding hydrogens is 486 g/mol. The molecule has 2 fully saturated rings. The van der Waals surface area contributed by atoms with Crippen LogP contribution < -0.4 is 20.1 Å². The monoisotopic (exact) mass is 519 g/mol. The molecule has 37 heavy (non-hydrogen) atoms. The van der Waals surface area contributed by atoms with E-state index in [9.17, 15) is 4.79 Å². The number of piperazine rings is 1. The van der Waals surface area contributed by atoms with Crippen molar-refractivity contribution in [1.29, 1.82) is 0 Å². The second kappa shape index (κ2) is 11.8. The van der Waals surface area contributed by atoms with Gasteiger partial charge < -0.3 is 20.1 Å². The molecule has 9 heteroatoms. The van der Waals surface area contributed by atoms with Gasteiger partial charge in [0.15, 0.2) is 0 Å². The number of amides is 1. The van der Waals surface area contributed by atoms with Crippen LogP contribution in [0.5, 0.6) is 11.6 Å². The van der Waals surface area contributed by atoms with Crippen molar-refractivity contribution in [3.05, 3.63) is 65.9 Å². The summed E-state index contributed by atoms with van der Waals surface area (Å²) in [5, 5.41) is 0. The highest BCUT2D eigenvalue weighted by atomic mass is 32.2. The van der Waals surface area contributed by atoms with Gasteiger partial charge in [-0.3, -0.25) is 9.69 Å². The molecule has 194 valence electrons. The van der Waals surface area contributed by atoms with Crippen molar-refractivity contribution in [2.45, 2.75) is 35.7 Å². The van der Waals surface area contributed by atoms with Crippen LogP contribution in [0.1, 0.15) is 35.2 Å². The Labute approximate surface area is 222 Å². The van der Waals surface area contributed by atoms with Crippen molar-refractivity contribution in [3.8, 4) is 11.6 Å². The van der Waals surface area contributed by atoms with Gasteiger partial charge in [-0.1, -0.05) is 48.9 Å². The lowest BCUT2D eigenvalue weighted by Crippen LogP contribution is -2.47. The molecule has 1 aromatic heterocycles. The van der Waals surface area contributed by atoms with E-state index in [0.717, 1.165) is 53.2 Å². The van der Waals surface area contributed by atoms with Crippen LogP contribution >= 0.6 is 11.8 Å². The third-order valence-electron chi connectivity index (χ3n) is 6.80. The van der Waals surface area contributed by atoms with Crippen molar-refractivity contribution in [3.63, 3.8) is 0 Å². The third kappa shape index (κ3) is 6.72. The van der Waals surface area contributed by atoms with E-state index in [1.54, 1.807) is 25.4 Å². The van der Waals surface area contributed by atoms with Crippen LogP contribution in [0.15, 0.2) is 64.5 Å². The molecule has 0 unspecified atom stereocenters. The Bertz CT molecular complexity index is 1230. The number of hydrogen-bond acceptors (Lipinski definition) is 8. The molecule has 2 aliphatic rings. The Morgan fingerprint density at radius 2 is 1.89 bits per heavy atom. The van der Waals surface area contributed by atoms with Crippen LogP contribution in [0.25, 0.3) is 0 Å². The zero-order valence-corrected chi connectivity index (χ0v) is 22.0. The van der Waals surface area contributed by atoms with E-state index >= 15 is 0 Å². The van der Waals surface area contributed by atoms with Gasteiger partial charge in [0.2, 0.25) is 17.7 Å². The first-order valence-electron chi connectivity index (χ1n) is 12.8. The zero-order chi connectivity index (χ0) is 25.6. The number of ether oxygens (including phenoxy) is 2. The van der Waals surface area contributed by atoms with Crippen molar-refractivity contribution < 1.29 is 14.3 Å². The molecule has 3 aromatic rings. The summed E-state index contributed by atoms with van der Waals surface area (Å²) in [6.07, 6.45) is 5.91. The molecule has 0 atom stereocenters. The highest BCUT2D eigenvalue weighted by molar-refractivity contribution is 7.99. The summed E-state index contributed by atoms with van der Waals surface area (Å²) in [4.78, 5) is 27.7. The maximum Gasteiger partial charge on any atom is 0.249 e. The number of aromatic nitrogens is 2. The predicted molar refractivity (Wildman–Crippen MR) is 144 cm³/mol. The van der Waals surface area contributed by atoms with E-state index < -0.39 is 5.91 Å². The summed E-state index contributed by atoms with van der Waals surface area (Å²) < 4.78 is 11.6. The molecule has 8 nitrogen and oxygen atoms in total. The number of anilines is 1. The first-order chi connectivity index (χ1) is 18.1. The van der Waals surface area contributed by atoms with E-state index in [4.69, 9.17) is 20.2 Å². The van der Waals surface area contributed by atoms with E-state index in [-0.39, 0.29) is 0 Å². The minimum atomic E-state index is -0.473. The number of carbonyl (C=O) groups excluding carboxylic acids is 1. The molecule has 2 heterocycles. The molecule has 5 rings (SSSR count). The van der Waals surface area contributed by atoms with E-state index in [1.807, 2.05) is 36.4 Å². The summed E-state index contributed by atoms with van der Waals surface area (Å²) in [6, 6.07) is 15.0. The molecule has 1 amide bonds. The van der Waals surface area contributed by atoms with Crippen LogP contribution in [0, 0.1) is 5.92 Å². The molecule has 1 aliphatic heterocycles. The van der Waals surface area contributed by atoms with E-state index in [1.165, 1.54) is 37.6 Å². The summed E-state index contributed by atoms with van der Waals surface area (Å²) in [7, 11) is 1.65. The lowest BCUT2D eigenvalue weighted by Gasteiger charge is -2.34. The van der Waals surface area contributed by atoms with E-state index in [0.29, 0.717) is 24.0 Å². The van der Waals surface area contributed by atoms with Gasteiger partial charge in [-0.05, 0) is 48.7 Å². The predicted octanol–water partition coefficient (Wildman–Crippen LogP) is 4.24. The number of primary amides is 1. The highest BCUT2D eigenvalue weighted by Gasteiger charge is 2.25. The van der Waals surface area contributed by atoms with E-state index in [2.05, 4.69) is 14.8 Å². The average Bonchev–Trinajstić information content (AvgIpc) is 3.77. The SMILES string of the molecule is COc1cccc(COc2nc(N3CCN(CCC4CC4)CC3)ncc2Sc2ccccc2C(N)=O)c1. The fraction of sp³-hybridized carbons (Fsp3) is 0.393. The van der Waals surface area contributed by atoms with Gasteiger partial charge in [0.1, 0.15) is 12.4 Å². The number of methoxy groups -OCH3 is 1. The molecule has 0 spiro atoms. The Balaban J connectivity index is 1.34. The first kappa shape index (κ1) is 25.4. The second-order valence-electron chi connectivity index (χ2n) is 9.50. The van der Waals surface area contributed by atoms with Crippen LogP contribution in [-0.4, -0.2) is 60.6 Å². The quantitative estimate of drug-likeness (QED) is 0.402. The summed E-state index contributed by atoms with van der Waals surface area (Å²) in [5.74, 6) is 2.40. The Kier molecular flexibility index (Phi) is 8.11. The zero-order valence-electron chi connectivity index (χ0n) is 21.1. The average molecular weight is 520 g/mol. The molecule has 2 N–H and O–H groups in total. The van der Waals surface area contributed by atoms with Gasteiger partial charge in [-0.25, -0.2) is 4.98 Å². The molecule has 2 aromatic carbocycles. The number of nitrogens with zero attached hydrogens (tertiary/aromatic N) is 4. The highest BCUT2D eigenvalue weighted by Crippen LogP contribution is 2.37. The van der Waals surface area contributed by atoms with Gasteiger partial charge in [0.05, 0.1) is 23.8 Å². The number of rotatable bonds is 11. The topological polar surface area (TPSA) is 93.8 Å². The third-order valence-corrected chi connectivity index (χ3v) is 7.87. The van der Waals surface area contributed by atoms with Crippen LogP contribution in [0.4, 0.5) is 5.95 Å². The number of hydrogen-bond donors (Lipinski definition) is 1. The van der Waals surface area contributed by atoms with Crippen molar-refractivity contribution in [2.75, 3.05) is 44.7 Å². The molecule has 0 bridgehead atoms. The van der Waals surface area contributed by atoms with Crippen LogP contribution in [-0.2, 0) is 6.61 Å². The van der Waals surface area contributed by atoms with Gasteiger partial charge in [-0.15, -0.1) is 0 Å². The van der Waals surface area contributed by atoms with Gasteiger partial charge >= 0.3 is 0 Å². The lowest BCUT2D eigenvalue weighted by atomic mass is 10.2. The standard InChI is InChI=1S/C28H33N5O3S/c1-35-22-6-4-5-21(17-22)19-36-27-25(37-24-8-3-2-7-23(24)26(29)34)18-30-28(31-27)33-15-13-32(14-16-33)12-11-20-9-10-20/h2-8,17-18,20H,9-16,19H2,1H3,(H2,29,34). The largest absolute Gasteiger partial charge is 0.497 e. The van der Waals surface area contributed by atoms with Crippen molar-refractivity contribution in [1.82, 2.24) is 14.9 Å². The summed E-state index contributed by atoms with van der Waals surface area (Å²) >= 11 is 1.38. The fourth-order valence-corrected chi connectivity index (χ4v) is 5.37. The summed E-state index contributed by atoms with van der Waals surface area (Å²) in [6.45, 7) is 5.31. The van der Waals surface area contributed by atoms with Gasteiger partial charge in [-0.2, -0.15) is 4.98 Å². The molecule has 1 saturated carbocycles. The smallest absolute Gasteiger partial charge is 0.249 e. The second-order valence-corrected chi connectivity index (χ2v) is 10.6. The normalized spacial score (nSPS) is 16.0. The van der Waals surface area contributed by atoms with Crippen molar-refractivity contribution in [2.24, 2.45) is 11.7 Å². The maximum absolute atomic E-state index is 12.0. The van der Waals surface area contributed by atoms with Crippen LogP contribution in [0.2, 0.25) is 0 Å². The summed E-state index contributed by atoms with van der Waals surface area (Å²) in [5.41, 5.74) is 7.03. The molecule has 1 saturated heterocycles. The number of carbonyl (C=O) groups is 1. The van der Waals surface area contributed by atoms with Gasteiger partial charge in [0.25, 0.3) is 0 Å². The first-order valence-corrected chi connectivity index (χ1v) is 13.6. The van der Waals surface area contributed by atoms with Gasteiger partial charge in [0, 0.05) is 31.1 Å². The Morgan fingerprint density at radius 1 is 1.08 bits per heavy atom. The maximum atomic E-state index is 12.0. The minimum Gasteiger partial charge on any atom is -0.497 e. The molecule has 1 aliphatic carbocycles.